The highest BCUT2D eigenvalue weighted by Gasteiger charge is 2.39. The van der Waals surface area contributed by atoms with Crippen LogP contribution in [-0.2, 0) is 0 Å². The van der Waals surface area contributed by atoms with Crippen LogP contribution < -0.4 is 5.73 Å². The highest BCUT2D eigenvalue weighted by Crippen LogP contribution is 2.51. The summed E-state index contributed by atoms with van der Waals surface area (Å²) in [5, 5.41) is 0. The Morgan fingerprint density at radius 2 is 1.78 bits per heavy atom. The average molecular weight is 239 g/mol. The monoisotopic (exact) mass is 239 g/mol. The molecule has 0 aliphatic heterocycles. The van der Waals surface area contributed by atoms with Gasteiger partial charge in [-0.2, -0.15) is 0 Å². The summed E-state index contributed by atoms with van der Waals surface area (Å²) in [6.07, 6.45) is 3.68. The Kier molecular flexibility index (Phi) is 1.82. The van der Waals surface area contributed by atoms with Gasteiger partial charge in [-0.05, 0) is 37.5 Å². The highest BCUT2D eigenvalue weighted by atomic mass is 16.1. The summed E-state index contributed by atoms with van der Waals surface area (Å²) in [5.74, 6) is 0.776. The Labute approximate surface area is 104 Å². The first-order valence-corrected chi connectivity index (χ1v) is 6.34. The number of amides is 1. The van der Waals surface area contributed by atoms with Crippen LogP contribution in [-0.4, -0.2) is 15.9 Å². The number of carbonyl (C=O) groups is 1. The van der Waals surface area contributed by atoms with Crippen molar-refractivity contribution in [1.82, 2.24) is 9.97 Å². The van der Waals surface area contributed by atoms with Crippen molar-refractivity contribution in [3.05, 3.63) is 35.2 Å². The van der Waals surface area contributed by atoms with Crippen LogP contribution in [0.5, 0.6) is 0 Å². The molecule has 1 aromatic carbocycles. The maximum atomic E-state index is 11.2. The number of aromatic nitrogens is 2. The van der Waals surface area contributed by atoms with E-state index >= 15 is 0 Å². The van der Waals surface area contributed by atoms with Crippen LogP contribution in [0.4, 0.5) is 0 Å². The van der Waals surface area contributed by atoms with Crippen LogP contribution in [0, 0.1) is 0 Å². The smallest absolute Gasteiger partial charge is 0.248 e. The zero-order chi connectivity index (χ0) is 12.3. The molecule has 4 heteroatoms. The molecule has 2 aliphatic rings. The molecule has 0 spiro atoms. The van der Waals surface area contributed by atoms with E-state index < -0.39 is 5.91 Å². The maximum absolute atomic E-state index is 11.2. The SMILES string of the molecule is NC(=O)c1ccc2nc3c(nc2c1)C1CCC3C1. The van der Waals surface area contributed by atoms with Gasteiger partial charge in [0.05, 0.1) is 22.4 Å². The van der Waals surface area contributed by atoms with Crippen LogP contribution in [0.1, 0.15) is 52.8 Å². The van der Waals surface area contributed by atoms with Gasteiger partial charge in [0.2, 0.25) is 5.91 Å². The minimum Gasteiger partial charge on any atom is -0.366 e. The van der Waals surface area contributed by atoms with E-state index in [1.54, 1.807) is 12.1 Å². The molecule has 2 aromatic rings. The van der Waals surface area contributed by atoms with E-state index in [2.05, 4.69) is 0 Å². The van der Waals surface area contributed by atoms with Crippen molar-refractivity contribution in [3.63, 3.8) is 0 Å². The van der Waals surface area contributed by atoms with Crippen LogP contribution >= 0.6 is 0 Å². The standard InChI is InChI=1S/C14H13N3O/c15-14(18)9-3-4-10-11(6-9)17-13-8-2-1-7(5-8)12(13)16-10/h3-4,6-8H,1-2,5H2,(H2,15,18). The molecule has 1 heterocycles. The Balaban J connectivity index is 1.96. The van der Waals surface area contributed by atoms with E-state index in [9.17, 15) is 4.79 Å². The summed E-state index contributed by atoms with van der Waals surface area (Å²) < 4.78 is 0. The second-order valence-electron chi connectivity index (χ2n) is 5.27. The van der Waals surface area contributed by atoms with E-state index in [1.165, 1.54) is 25.0 Å². The molecular weight excluding hydrogens is 226 g/mol. The van der Waals surface area contributed by atoms with Gasteiger partial charge in [-0.15, -0.1) is 0 Å². The first-order chi connectivity index (χ1) is 8.72. The Hall–Kier alpha value is -1.97. The van der Waals surface area contributed by atoms with Gasteiger partial charge in [0.15, 0.2) is 0 Å². The Bertz CT molecular complexity index is 680. The molecule has 2 N–H and O–H groups in total. The normalized spacial score (nSPS) is 24.4. The van der Waals surface area contributed by atoms with E-state index in [0.29, 0.717) is 17.4 Å². The number of hydrogen-bond donors (Lipinski definition) is 1. The number of fused-ring (bicyclic) bond motifs is 6. The predicted octanol–water partition coefficient (Wildman–Crippen LogP) is 2.09. The molecule has 90 valence electrons. The minimum absolute atomic E-state index is 0.416. The summed E-state index contributed by atoms with van der Waals surface area (Å²) in [5.41, 5.74) is 9.79. The number of nitrogens with two attached hydrogens (primary N) is 1. The van der Waals surface area contributed by atoms with E-state index in [1.807, 2.05) is 6.07 Å². The van der Waals surface area contributed by atoms with Gasteiger partial charge in [0.1, 0.15) is 0 Å². The Morgan fingerprint density at radius 3 is 2.44 bits per heavy atom. The molecule has 2 unspecified atom stereocenters. The van der Waals surface area contributed by atoms with Crippen LogP contribution in [0.3, 0.4) is 0 Å². The van der Waals surface area contributed by atoms with Crippen molar-refractivity contribution in [3.8, 4) is 0 Å². The number of hydrogen-bond acceptors (Lipinski definition) is 3. The molecule has 4 nitrogen and oxygen atoms in total. The second kappa shape index (κ2) is 3.28. The lowest BCUT2D eigenvalue weighted by molar-refractivity contribution is 0.100. The van der Waals surface area contributed by atoms with Gasteiger partial charge in [0, 0.05) is 17.4 Å². The molecule has 1 amide bonds. The first kappa shape index (κ1) is 10.00. The molecular formula is C14H13N3O. The zero-order valence-corrected chi connectivity index (χ0v) is 9.89. The van der Waals surface area contributed by atoms with Crippen molar-refractivity contribution in [2.45, 2.75) is 31.1 Å². The summed E-state index contributed by atoms with van der Waals surface area (Å²) in [6.45, 7) is 0. The number of benzene rings is 1. The number of nitrogens with zero attached hydrogens (tertiary/aromatic N) is 2. The van der Waals surface area contributed by atoms with Gasteiger partial charge in [0.25, 0.3) is 0 Å². The Morgan fingerprint density at radius 1 is 1.11 bits per heavy atom. The molecule has 1 saturated carbocycles. The fourth-order valence-corrected chi connectivity index (χ4v) is 3.31. The van der Waals surface area contributed by atoms with Gasteiger partial charge in [-0.1, -0.05) is 0 Å². The van der Waals surface area contributed by atoms with Crippen molar-refractivity contribution in [2.75, 3.05) is 0 Å². The average Bonchev–Trinajstić information content (AvgIpc) is 2.97. The fraction of sp³-hybridized carbons (Fsp3) is 0.357. The molecule has 0 radical (unpaired) electrons. The molecule has 2 bridgehead atoms. The number of carbonyl (C=O) groups excluding carboxylic acids is 1. The molecule has 2 aliphatic carbocycles. The number of primary amides is 1. The third kappa shape index (κ3) is 1.23. The molecule has 0 saturated heterocycles. The zero-order valence-electron chi connectivity index (χ0n) is 9.89. The highest BCUT2D eigenvalue weighted by molar-refractivity contribution is 5.96. The maximum Gasteiger partial charge on any atom is 0.248 e. The quantitative estimate of drug-likeness (QED) is 0.828. The third-order valence-corrected chi connectivity index (χ3v) is 4.21. The van der Waals surface area contributed by atoms with E-state index in [4.69, 9.17) is 15.7 Å². The topological polar surface area (TPSA) is 68.9 Å². The molecule has 1 fully saturated rings. The summed E-state index contributed by atoms with van der Waals surface area (Å²) in [4.78, 5) is 20.6. The molecule has 2 atom stereocenters. The van der Waals surface area contributed by atoms with Crippen LogP contribution in [0.25, 0.3) is 11.0 Å². The third-order valence-electron chi connectivity index (χ3n) is 4.21. The fourth-order valence-electron chi connectivity index (χ4n) is 3.31. The van der Waals surface area contributed by atoms with Crippen molar-refractivity contribution < 1.29 is 4.79 Å². The molecule has 1 aromatic heterocycles. The lowest BCUT2D eigenvalue weighted by Crippen LogP contribution is -2.11. The summed E-state index contributed by atoms with van der Waals surface area (Å²) in [6, 6.07) is 5.31. The lowest BCUT2D eigenvalue weighted by atomic mass is 10.00. The summed E-state index contributed by atoms with van der Waals surface area (Å²) in [7, 11) is 0. The van der Waals surface area contributed by atoms with E-state index in [0.717, 1.165) is 16.7 Å². The minimum atomic E-state index is -0.416. The largest absolute Gasteiger partial charge is 0.366 e. The van der Waals surface area contributed by atoms with Crippen molar-refractivity contribution in [2.24, 2.45) is 5.73 Å². The molecule has 4 rings (SSSR count). The first-order valence-electron chi connectivity index (χ1n) is 6.34. The predicted molar refractivity (Wildman–Crippen MR) is 67.4 cm³/mol. The molecule has 18 heavy (non-hydrogen) atoms. The van der Waals surface area contributed by atoms with Gasteiger partial charge in [-0.3, -0.25) is 4.79 Å². The van der Waals surface area contributed by atoms with Crippen molar-refractivity contribution in [1.29, 1.82) is 0 Å². The van der Waals surface area contributed by atoms with Gasteiger partial charge in [-0.25, -0.2) is 9.97 Å². The number of rotatable bonds is 1. The van der Waals surface area contributed by atoms with Gasteiger partial charge >= 0.3 is 0 Å². The lowest BCUT2D eigenvalue weighted by Gasteiger charge is -2.13. The van der Waals surface area contributed by atoms with Crippen LogP contribution in [0.15, 0.2) is 18.2 Å². The van der Waals surface area contributed by atoms with Crippen LogP contribution in [0.2, 0.25) is 0 Å². The van der Waals surface area contributed by atoms with E-state index in [-0.39, 0.29) is 0 Å². The van der Waals surface area contributed by atoms with Crippen molar-refractivity contribution >= 4 is 16.9 Å². The summed E-state index contributed by atoms with van der Waals surface area (Å²) >= 11 is 0. The van der Waals surface area contributed by atoms with Gasteiger partial charge < -0.3 is 5.73 Å². The second-order valence-corrected chi connectivity index (χ2v) is 5.27.